The molecule has 0 fully saturated rings. The van der Waals surface area contributed by atoms with E-state index in [1.54, 1.807) is 13.8 Å². The van der Waals surface area contributed by atoms with Crippen molar-refractivity contribution in [3.05, 3.63) is 22.9 Å². The predicted molar refractivity (Wildman–Crippen MR) is 53.4 cm³/mol. The summed E-state index contributed by atoms with van der Waals surface area (Å²) in [6.45, 7) is 3.18. The predicted octanol–water partition coefficient (Wildman–Crippen LogP) is -0.761. The summed E-state index contributed by atoms with van der Waals surface area (Å²) in [5.41, 5.74) is 5.87. The third kappa shape index (κ3) is 2.13. The first kappa shape index (κ1) is 12.0. The third-order valence-corrected chi connectivity index (χ3v) is 2.49. The number of nitrogens with zero attached hydrogens (tertiary/aromatic N) is 2. The molecule has 0 aromatic carbocycles. The van der Waals surface area contributed by atoms with Crippen molar-refractivity contribution in [3.63, 3.8) is 0 Å². The smallest absolute Gasteiger partial charge is 0.349 e. The number of nitrogens with two attached hydrogens (primary N) is 1. The number of carbonyl (C=O) groups excluding carboxylic acids is 1. The number of carboxylic acid groups (broad SMARTS) is 1. The maximum Gasteiger partial charge on any atom is 0.349 e. The summed E-state index contributed by atoms with van der Waals surface area (Å²) in [7, 11) is 0. The standard InChI is InChI=1S/C9H13N3O4/c1-5-6(2)12(16)4-11(5)7(9(14)15)3-8(10)13/h4,7H,3H2,1-2H3,(H2,10,13)(H,14,15)/t7-/m0/s1. The highest BCUT2D eigenvalue weighted by molar-refractivity contribution is 5.82. The molecular weight excluding hydrogens is 214 g/mol. The Bertz CT molecular complexity index is 438. The maximum atomic E-state index is 11.3. The number of rotatable bonds is 4. The summed E-state index contributed by atoms with van der Waals surface area (Å²) in [6.07, 6.45) is 0.761. The van der Waals surface area contributed by atoms with Crippen LogP contribution < -0.4 is 10.5 Å². The summed E-state index contributed by atoms with van der Waals surface area (Å²) in [4.78, 5) is 21.7. The fourth-order valence-electron chi connectivity index (χ4n) is 1.44. The van der Waals surface area contributed by atoms with E-state index in [1.807, 2.05) is 0 Å². The normalized spacial score (nSPS) is 12.4. The number of aliphatic carboxylic acids is 1. The van der Waals surface area contributed by atoms with E-state index in [9.17, 15) is 14.8 Å². The first-order valence-electron chi connectivity index (χ1n) is 4.63. The number of carboxylic acids is 1. The van der Waals surface area contributed by atoms with Crippen molar-refractivity contribution in [1.82, 2.24) is 4.57 Å². The van der Waals surface area contributed by atoms with Gasteiger partial charge in [0.2, 0.25) is 18.3 Å². The molecule has 7 heteroatoms. The molecule has 0 saturated heterocycles. The van der Waals surface area contributed by atoms with Crippen molar-refractivity contribution in [1.29, 1.82) is 0 Å². The number of aromatic nitrogens is 2. The monoisotopic (exact) mass is 227 g/mol. The Morgan fingerprint density at radius 2 is 2.19 bits per heavy atom. The van der Waals surface area contributed by atoms with Crippen LogP contribution in [0.4, 0.5) is 0 Å². The Hall–Kier alpha value is -2.05. The van der Waals surface area contributed by atoms with Gasteiger partial charge in [0.1, 0.15) is 11.4 Å². The molecule has 1 rings (SSSR count). The molecule has 0 aliphatic heterocycles. The minimum atomic E-state index is -1.20. The van der Waals surface area contributed by atoms with Crippen LogP contribution in [-0.2, 0) is 9.59 Å². The van der Waals surface area contributed by atoms with E-state index in [2.05, 4.69) is 0 Å². The van der Waals surface area contributed by atoms with Gasteiger partial charge in [0, 0.05) is 13.8 Å². The number of hydrogen-bond donors (Lipinski definition) is 2. The SMILES string of the molecule is Cc1c(C)[n+]([O-])cn1[C@@H](CC(N)=O)C(=O)O. The van der Waals surface area contributed by atoms with Crippen molar-refractivity contribution in [3.8, 4) is 0 Å². The molecule has 7 nitrogen and oxygen atoms in total. The zero-order valence-electron chi connectivity index (χ0n) is 9.01. The molecule has 0 bridgehead atoms. The van der Waals surface area contributed by atoms with E-state index in [4.69, 9.17) is 10.8 Å². The van der Waals surface area contributed by atoms with Crippen LogP contribution in [-0.4, -0.2) is 21.6 Å². The lowest BCUT2D eigenvalue weighted by atomic mass is 10.2. The summed E-state index contributed by atoms with van der Waals surface area (Å²) < 4.78 is 1.81. The third-order valence-electron chi connectivity index (χ3n) is 2.49. The molecule has 0 spiro atoms. The lowest BCUT2D eigenvalue weighted by molar-refractivity contribution is -0.611. The van der Waals surface area contributed by atoms with Crippen molar-refractivity contribution >= 4 is 11.9 Å². The van der Waals surface area contributed by atoms with Crippen LogP contribution in [0.15, 0.2) is 6.33 Å². The highest BCUT2D eigenvalue weighted by atomic mass is 16.5. The second-order valence-corrected chi connectivity index (χ2v) is 3.54. The van der Waals surface area contributed by atoms with Crippen molar-refractivity contribution in [2.24, 2.45) is 5.73 Å². The Morgan fingerprint density at radius 3 is 2.50 bits per heavy atom. The molecule has 0 aliphatic rings. The van der Waals surface area contributed by atoms with Crippen molar-refractivity contribution in [2.75, 3.05) is 0 Å². The van der Waals surface area contributed by atoms with Gasteiger partial charge in [-0.05, 0) is 0 Å². The van der Waals surface area contributed by atoms with Crippen LogP contribution in [0.3, 0.4) is 0 Å². The van der Waals surface area contributed by atoms with Gasteiger partial charge >= 0.3 is 5.97 Å². The highest BCUT2D eigenvalue weighted by Crippen LogP contribution is 2.15. The van der Waals surface area contributed by atoms with Gasteiger partial charge in [0.15, 0.2) is 0 Å². The quantitative estimate of drug-likeness (QED) is 0.520. The van der Waals surface area contributed by atoms with E-state index in [0.29, 0.717) is 16.1 Å². The van der Waals surface area contributed by atoms with E-state index < -0.39 is 17.9 Å². The average Bonchev–Trinajstić information content (AvgIpc) is 2.42. The summed E-state index contributed by atoms with van der Waals surface area (Å²) in [5, 5.41) is 20.2. The number of amides is 1. The fourth-order valence-corrected chi connectivity index (χ4v) is 1.44. The van der Waals surface area contributed by atoms with Gasteiger partial charge in [-0.2, -0.15) is 0 Å². The van der Waals surface area contributed by atoms with E-state index in [0.717, 1.165) is 6.33 Å². The summed E-state index contributed by atoms with van der Waals surface area (Å²) in [5.74, 6) is -1.92. The zero-order valence-corrected chi connectivity index (χ0v) is 9.01. The number of primary amides is 1. The average molecular weight is 227 g/mol. The first-order valence-corrected chi connectivity index (χ1v) is 4.63. The van der Waals surface area contributed by atoms with Crippen LogP contribution in [0.2, 0.25) is 0 Å². The number of carbonyl (C=O) groups is 2. The molecule has 0 aliphatic carbocycles. The fraction of sp³-hybridized carbons (Fsp3) is 0.444. The maximum absolute atomic E-state index is 11.3. The molecule has 1 aromatic heterocycles. The Labute approximate surface area is 91.7 Å². The number of hydrogen-bond acceptors (Lipinski definition) is 3. The zero-order chi connectivity index (χ0) is 12.5. The number of imidazole rings is 1. The molecule has 0 radical (unpaired) electrons. The van der Waals surface area contributed by atoms with Crippen molar-refractivity contribution in [2.45, 2.75) is 26.3 Å². The molecule has 88 valence electrons. The minimum absolute atomic E-state index is 0.343. The Kier molecular flexibility index (Phi) is 3.17. The minimum Gasteiger partial charge on any atom is -0.711 e. The molecule has 0 unspecified atom stereocenters. The molecule has 0 saturated carbocycles. The lowest BCUT2D eigenvalue weighted by Gasteiger charge is -2.07. The molecule has 1 aromatic rings. The Morgan fingerprint density at radius 1 is 1.62 bits per heavy atom. The van der Waals surface area contributed by atoms with E-state index >= 15 is 0 Å². The Balaban J connectivity index is 3.16. The second kappa shape index (κ2) is 4.21. The van der Waals surface area contributed by atoms with Crippen molar-refractivity contribution < 1.29 is 19.4 Å². The van der Waals surface area contributed by atoms with Gasteiger partial charge < -0.3 is 16.0 Å². The molecule has 1 heterocycles. The van der Waals surface area contributed by atoms with Gasteiger partial charge in [0.05, 0.1) is 6.42 Å². The largest absolute Gasteiger partial charge is 0.711 e. The van der Waals surface area contributed by atoms with E-state index in [1.165, 1.54) is 4.57 Å². The van der Waals surface area contributed by atoms with Gasteiger partial charge in [-0.1, -0.05) is 0 Å². The molecule has 1 atom stereocenters. The van der Waals surface area contributed by atoms with Gasteiger partial charge in [-0.25, -0.2) is 14.1 Å². The molecule has 3 N–H and O–H groups in total. The highest BCUT2D eigenvalue weighted by Gasteiger charge is 2.29. The summed E-state index contributed by atoms with van der Waals surface area (Å²) in [6, 6.07) is -1.13. The van der Waals surface area contributed by atoms with Crippen LogP contribution in [0, 0.1) is 19.1 Å². The molecular formula is C9H13N3O4. The topological polar surface area (TPSA) is 112 Å². The van der Waals surface area contributed by atoms with Crippen LogP contribution in [0.5, 0.6) is 0 Å². The molecule has 1 amide bonds. The van der Waals surface area contributed by atoms with E-state index in [-0.39, 0.29) is 6.42 Å². The second-order valence-electron chi connectivity index (χ2n) is 3.54. The molecule has 16 heavy (non-hydrogen) atoms. The van der Waals surface area contributed by atoms with Gasteiger partial charge in [-0.15, -0.1) is 0 Å². The summed E-state index contributed by atoms with van der Waals surface area (Å²) >= 11 is 0. The lowest BCUT2D eigenvalue weighted by Crippen LogP contribution is -2.28. The van der Waals surface area contributed by atoms with Gasteiger partial charge in [0.25, 0.3) is 0 Å². The van der Waals surface area contributed by atoms with Crippen LogP contribution in [0.25, 0.3) is 0 Å². The van der Waals surface area contributed by atoms with Gasteiger partial charge in [-0.3, -0.25) is 4.79 Å². The van der Waals surface area contributed by atoms with Crippen LogP contribution in [0.1, 0.15) is 23.9 Å². The first-order chi connectivity index (χ1) is 7.34. The van der Waals surface area contributed by atoms with Crippen LogP contribution >= 0.6 is 0 Å².